The summed E-state index contributed by atoms with van der Waals surface area (Å²) in [6, 6.07) is 4.85. The van der Waals surface area contributed by atoms with Crippen LogP contribution in [0.15, 0.2) is 18.2 Å². The van der Waals surface area contributed by atoms with Gasteiger partial charge >= 0.3 is 5.97 Å². The molecule has 0 bridgehead atoms. The van der Waals surface area contributed by atoms with Crippen LogP contribution in [0.3, 0.4) is 0 Å². The van der Waals surface area contributed by atoms with Gasteiger partial charge < -0.3 is 9.47 Å². The second-order valence-corrected chi connectivity index (χ2v) is 10.0. The van der Waals surface area contributed by atoms with Gasteiger partial charge in [0.25, 0.3) is 0 Å². The molecule has 1 heterocycles. The molecule has 0 N–H and O–H groups in total. The van der Waals surface area contributed by atoms with Crippen LogP contribution >= 0.6 is 0 Å². The van der Waals surface area contributed by atoms with Crippen molar-refractivity contribution in [1.82, 2.24) is 4.31 Å². The Bertz CT molecular complexity index is 788. The molecule has 1 unspecified atom stereocenters. The molecule has 1 aliphatic rings. The standard InChI is InChI=1S/C21H33NO5S/c1-6-8-9-10-13-22(28(24,25)7-2)19-15-17-14-16(20(23)26-5)11-12-18(17)27-21(19,3)4/h11-12,14,19H,6-10,13,15H2,1-5H3. The molecule has 2 rings (SSSR count). The molecule has 1 atom stereocenters. The number of hydrogen-bond donors (Lipinski definition) is 0. The Morgan fingerprint density at radius 2 is 1.96 bits per heavy atom. The number of carbonyl (C=O) groups excluding carboxylic acids is 1. The number of nitrogens with zero attached hydrogens (tertiary/aromatic N) is 1. The third-order valence-corrected chi connectivity index (χ3v) is 7.25. The van der Waals surface area contributed by atoms with Crippen molar-refractivity contribution in [2.24, 2.45) is 0 Å². The second kappa shape index (κ2) is 9.27. The van der Waals surface area contributed by atoms with Crippen LogP contribution in [0.1, 0.15) is 69.3 Å². The van der Waals surface area contributed by atoms with Gasteiger partial charge in [0.2, 0.25) is 10.0 Å². The monoisotopic (exact) mass is 411 g/mol. The first-order chi connectivity index (χ1) is 13.2. The summed E-state index contributed by atoms with van der Waals surface area (Å²) in [5.74, 6) is 0.332. The number of unbranched alkanes of at least 4 members (excludes halogenated alkanes) is 3. The van der Waals surface area contributed by atoms with E-state index in [-0.39, 0.29) is 11.8 Å². The van der Waals surface area contributed by atoms with Gasteiger partial charge in [0.15, 0.2) is 0 Å². The smallest absolute Gasteiger partial charge is 0.337 e. The molecule has 0 aromatic heterocycles. The number of hydrogen-bond acceptors (Lipinski definition) is 5. The SMILES string of the molecule is CCCCCCN(C1Cc2cc(C(=O)OC)ccc2OC1(C)C)S(=O)(=O)CC. The highest BCUT2D eigenvalue weighted by Gasteiger charge is 2.44. The van der Waals surface area contributed by atoms with Gasteiger partial charge in [0, 0.05) is 6.54 Å². The summed E-state index contributed by atoms with van der Waals surface area (Å²) in [6.07, 6.45) is 4.52. The van der Waals surface area contributed by atoms with Crippen LogP contribution in [0, 0.1) is 0 Å². The second-order valence-electron chi connectivity index (χ2n) is 7.81. The van der Waals surface area contributed by atoms with Gasteiger partial charge in [-0.2, -0.15) is 4.31 Å². The van der Waals surface area contributed by atoms with E-state index in [1.165, 1.54) is 7.11 Å². The molecule has 1 aromatic rings. The Morgan fingerprint density at radius 1 is 1.25 bits per heavy atom. The van der Waals surface area contributed by atoms with E-state index in [4.69, 9.17) is 9.47 Å². The van der Waals surface area contributed by atoms with Crippen LogP contribution in [0.5, 0.6) is 5.75 Å². The van der Waals surface area contributed by atoms with E-state index >= 15 is 0 Å². The number of fused-ring (bicyclic) bond motifs is 1. The van der Waals surface area contributed by atoms with Crippen LogP contribution in [-0.4, -0.2) is 49.7 Å². The number of benzene rings is 1. The average molecular weight is 412 g/mol. The normalized spacial score (nSPS) is 18.4. The molecule has 0 aliphatic carbocycles. The van der Waals surface area contributed by atoms with Gasteiger partial charge in [-0.25, -0.2) is 13.2 Å². The summed E-state index contributed by atoms with van der Waals surface area (Å²) in [5, 5.41) is 0. The maximum absolute atomic E-state index is 12.9. The number of sulfonamides is 1. The molecule has 0 spiro atoms. The van der Waals surface area contributed by atoms with E-state index in [2.05, 4.69) is 6.92 Å². The van der Waals surface area contributed by atoms with Crippen molar-refractivity contribution in [2.75, 3.05) is 19.4 Å². The maximum atomic E-state index is 12.9. The summed E-state index contributed by atoms with van der Waals surface area (Å²) >= 11 is 0. The van der Waals surface area contributed by atoms with Gasteiger partial charge in [-0.15, -0.1) is 0 Å². The van der Waals surface area contributed by atoms with Crippen LogP contribution < -0.4 is 4.74 Å². The molecular weight excluding hydrogens is 378 g/mol. The van der Waals surface area contributed by atoms with Crippen LogP contribution in [0.2, 0.25) is 0 Å². The zero-order valence-corrected chi connectivity index (χ0v) is 18.5. The first-order valence-electron chi connectivity index (χ1n) is 10.1. The fourth-order valence-corrected chi connectivity index (χ4v) is 5.14. The summed E-state index contributed by atoms with van der Waals surface area (Å²) in [7, 11) is -2.05. The Labute approximate surface area is 169 Å². The highest BCUT2D eigenvalue weighted by atomic mass is 32.2. The molecule has 6 nitrogen and oxygen atoms in total. The summed E-state index contributed by atoms with van der Waals surface area (Å²) < 4.78 is 38.4. The lowest BCUT2D eigenvalue weighted by Crippen LogP contribution is -2.58. The summed E-state index contributed by atoms with van der Waals surface area (Å²) in [6.45, 7) is 8.15. The number of methoxy groups -OCH3 is 1. The fourth-order valence-electron chi connectivity index (χ4n) is 3.69. The molecule has 28 heavy (non-hydrogen) atoms. The first-order valence-corrected chi connectivity index (χ1v) is 11.7. The van der Waals surface area contributed by atoms with Gasteiger partial charge in [0.1, 0.15) is 11.4 Å². The fraction of sp³-hybridized carbons (Fsp3) is 0.667. The van der Waals surface area contributed by atoms with Gasteiger partial charge in [-0.3, -0.25) is 0 Å². The maximum Gasteiger partial charge on any atom is 0.337 e. The third kappa shape index (κ3) is 5.06. The Morgan fingerprint density at radius 3 is 2.57 bits per heavy atom. The summed E-state index contributed by atoms with van der Waals surface area (Å²) in [4.78, 5) is 11.9. The zero-order chi connectivity index (χ0) is 20.9. The number of esters is 1. The molecule has 1 aromatic carbocycles. The lowest BCUT2D eigenvalue weighted by Gasteiger charge is -2.45. The van der Waals surface area contributed by atoms with Crippen molar-refractivity contribution in [2.45, 2.75) is 71.4 Å². The number of ether oxygens (including phenoxy) is 2. The topological polar surface area (TPSA) is 72.9 Å². The van der Waals surface area contributed by atoms with E-state index < -0.39 is 21.6 Å². The molecule has 0 fully saturated rings. The largest absolute Gasteiger partial charge is 0.486 e. The van der Waals surface area contributed by atoms with Crippen molar-refractivity contribution in [3.63, 3.8) is 0 Å². The van der Waals surface area contributed by atoms with Crippen molar-refractivity contribution >= 4 is 16.0 Å². The molecule has 7 heteroatoms. The lowest BCUT2D eigenvalue weighted by atomic mass is 9.87. The van der Waals surface area contributed by atoms with Crippen LogP contribution in [0.25, 0.3) is 0 Å². The highest BCUT2D eigenvalue weighted by molar-refractivity contribution is 7.89. The van der Waals surface area contributed by atoms with Crippen LogP contribution in [0.4, 0.5) is 0 Å². The van der Waals surface area contributed by atoms with Gasteiger partial charge in [-0.05, 0) is 57.4 Å². The van der Waals surface area contributed by atoms with E-state index in [1.807, 2.05) is 13.8 Å². The Balaban J connectivity index is 2.36. The van der Waals surface area contributed by atoms with Crippen molar-refractivity contribution in [1.29, 1.82) is 0 Å². The molecule has 0 amide bonds. The predicted octanol–water partition coefficient (Wildman–Crippen LogP) is 3.79. The molecule has 158 valence electrons. The third-order valence-electron chi connectivity index (χ3n) is 5.37. The van der Waals surface area contributed by atoms with Crippen molar-refractivity contribution < 1.29 is 22.7 Å². The number of carbonyl (C=O) groups is 1. The zero-order valence-electron chi connectivity index (χ0n) is 17.7. The minimum absolute atomic E-state index is 0.0580. The molecule has 0 radical (unpaired) electrons. The van der Waals surface area contributed by atoms with E-state index in [9.17, 15) is 13.2 Å². The lowest BCUT2D eigenvalue weighted by molar-refractivity contribution is 0.0168. The van der Waals surface area contributed by atoms with E-state index in [0.717, 1.165) is 31.2 Å². The quantitative estimate of drug-likeness (QED) is 0.457. The Kier molecular flexibility index (Phi) is 7.51. The van der Waals surface area contributed by atoms with Gasteiger partial charge in [0.05, 0.1) is 24.5 Å². The van der Waals surface area contributed by atoms with Crippen molar-refractivity contribution in [3.05, 3.63) is 29.3 Å². The van der Waals surface area contributed by atoms with Crippen LogP contribution in [-0.2, 0) is 21.2 Å². The highest BCUT2D eigenvalue weighted by Crippen LogP contribution is 2.37. The van der Waals surface area contributed by atoms with Crippen molar-refractivity contribution in [3.8, 4) is 5.75 Å². The van der Waals surface area contributed by atoms with Gasteiger partial charge in [-0.1, -0.05) is 26.2 Å². The molecule has 0 saturated carbocycles. The average Bonchev–Trinajstić information content (AvgIpc) is 2.66. The minimum atomic E-state index is -3.39. The number of rotatable bonds is 9. The molecule has 0 saturated heterocycles. The molecule has 1 aliphatic heterocycles. The van der Waals surface area contributed by atoms with E-state index in [0.29, 0.717) is 24.3 Å². The predicted molar refractivity (Wildman–Crippen MR) is 110 cm³/mol. The minimum Gasteiger partial charge on any atom is -0.486 e. The first kappa shape index (κ1) is 22.7. The molecular formula is C21H33NO5S. The summed E-state index contributed by atoms with van der Waals surface area (Å²) in [5.41, 5.74) is 0.598. The Hall–Kier alpha value is -1.60. The van der Waals surface area contributed by atoms with E-state index in [1.54, 1.807) is 29.4 Å².